The van der Waals surface area contributed by atoms with Crippen LogP contribution in [0.15, 0.2) is 66.6 Å². The van der Waals surface area contributed by atoms with Crippen LogP contribution < -0.4 is 25.4 Å². The molecule has 1 aliphatic heterocycles. The first-order valence-electron chi connectivity index (χ1n) is 18.5. The Morgan fingerprint density at radius 2 is 1.91 bits per heavy atom. The Kier molecular flexibility index (Phi) is 12.0. The van der Waals surface area contributed by atoms with Crippen LogP contribution in [0.5, 0.6) is 11.5 Å². The first kappa shape index (κ1) is 41.9. The molecular formula is C40H48ClN6O8PS. The molecule has 14 nitrogen and oxygen atoms in total. The quantitative estimate of drug-likeness (QED) is 0.0630. The minimum absolute atomic E-state index is 0.00513. The molecule has 304 valence electrons. The predicted octanol–water partition coefficient (Wildman–Crippen LogP) is 7.36. The molecular weight excluding hydrogens is 791 g/mol. The highest BCUT2D eigenvalue weighted by Crippen LogP contribution is 2.70. The van der Waals surface area contributed by atoms with Crippen molar-refractivity contribution in [1.29, 1.82) is 0 Å². The fourth-order valence-electron chi connectivity index (χ4n) is 7.24. The summed E-state index contributed by atoms with van der Waals surface area (Å²) in [6.07, 6.45) is -0.701. The number of anilines is 1. The molecule has 1 aliphatic carbocycles. The van der Waals surface area contributed by atoms with Crippen LogP contribution in [0.1, 0.15) is 53.0 Å². The van der Waals surface area contributed by atoms with Crippen LogP contribution in [0.25, 0.3) is 22.3 Å². The second-order valence-electron chi connectivity index (χ2n) is 15.9. The van der Waals surface area contributed by atoms with E-state index in [1.54, 1.807) is 76.4 Å². The minimum Gasteiger partial charge on any atom is -0.497 e. The number of nitrogens with one attached hydrogen (secondary N) is 3. The highest BCUT2D eigenvalue weighted by molar-refractivity contribution is 7.59. The number of amides is 3. The van der Waals surface area contributed by atoms with Gasteiger partial charge in [-0.3, -0.25) is 14.2 Å². The van der Waals surface area contributed by atoms with Crippen molar-refractivity contribution in [1.82, 2.24) is 25.5 Å². The first-order chi connectivity index (χ1) is 26.8. The lowest BCUT2D eigenvalue weighted by atomic mass is 9.85. The van der Waals surface area contributed by atoms with E-state index >= 15 is 0 Å². The Labute approximate surface area is 340 Å². The molecule has 1 unspecified atom stereocenters. The number of fused-ring (bicyclic) bond motifs is 1. The van der Waals surface area contributed by atoms with E-state index in [0.717, 1.165) is 5.13 Å². The van der Waals surface area contributed by atoms with E-state index in [4.69, 9.17) is 31.0 Å². The summed E-state index contributed by atoms with van der Waals surface area (Å²) in [5.74, 6) is -0.809. The highest BCUT2D eigenvalue weighted by Gasteiger charge is 2.65. The maximum absolute atomic E-state index is 14.5. The van der Waals surface area contributed by atoms with E-state index in [1.165, 1.54) is 16.2 Å². The summed E-state index contributed by atoms with van der Waals surface area (Å²) in [7, 11) is -2.60. The van der Waals surface area contributed by atoms with Gasteiger partial charge in [0, 0.05) is 46.3 Å². The molecule has 4 aromatic rings. The zero-order chi connectivity index (χ0) is 41.4. The second kappa shape index (κ2) is 16.3. The van der Waals surface area contributed by atoms with Crippen molar-refractivity contribution in [3.8, 4) is 22.9 Å². The van der Waals surface area contributed by atoms with Crippen LogP contribution >= 0.6 is 30.3 Å². The third kappa shape index (κ3) is 9.07. The molecule has 17 heteroatoms. The molecule has 5 N–H and O–H groups in total. The number of carbonyl (C=O) groups excluding carboxylic acids is 2. The zero-order valence-electron chi connectivity index (χ0n) is 32.6. The molecule has 57 heavy (non-hydrogen) atoms. The van der Waals surface area contributed by atoms with Crippen LogP contribution in [0.2, 0.25) is 5.02 Å². The summed E-state index contributed by atoms with van der Waals surface area (Å²) in [5, 5.41) is 20.4. The van der Waals surface area contributed by atoms with Crippen LogP contribution in [-0.2, 0) is 20.3 Å². The predicted molar refractivity (Wildman–Crippen MR) is 221 cm³/mol. The Hall–Kier alpha value is -4.69. The molecule has 0 spiro atoms. The molecule has 3 heterocycles. The van der Waals surface area contributed by atoms with E-state index in [9.17, 15) is 28.9 Å². The number of halogens is 1. The van der Waals surface area contributed by atoms with Gasteiger partial charge in [0.2, 0.25) is 19.2 Å². The topological polar surface area (TPSA) is 192 Å². The van der Waals surface area contributed by atoms with Gasteiger partial charge in [-0.1, -0.05) is 50.6 Å². The normalized spacial score (nSPS) is 22.1. The minimum atomic E-state index is -4.16. The number of thiazole rings is 1. The van der Waals surface area contributed by atoms with E-state index < -0.39 is 60.1 Å². The second-order valence-corrected chi connectivity index (χ2v) is 19.7. The number of ether oxygens (including phenoxy) is 2. The van der Waals surface area contributed by atoms with Crippen molar-refractivity contribution in [3.05, 3.63) is 77.2 Å². The van der Waals surface area contributed by atoms with Crippen LogP contribution in [0.4, 0.5) is 9.93 Å². The van der Waals surface area contributed by atoms with Crippen molar-refractivity contribution in [2.75, 3.05) is 19.0 Å². The fourth-order valence-corrected chi connectivity index (χ4v) is 10.7. The van der Waals surface area contributed by atoms with Gasteiger partial charge < -0.3 is 40.3 Å². The molecule has 2 aromatic heterocycles. The van der Waals surface area contributed by atoms with Crippen molar-refractivity contribution in [3.63, 3.8) is 0 Å². The molecule has 3 amide bonds. The van der Waals surface area contributed by atoms with Gasteiger partial charge in [0.1, 0.15) is 40.7 Å². The average molecular weight is 839 g/mol. The molecule has 2 fully saturated rings. The van der Waals surface area contributed by atoms with E-state index in [-0.39, 0.29) is 31.6 Å². The molecule has 2 aliphatic rings. The first-order valence-corrected chi connectivity index (χ1v) is 21.6. The molecule has 1 saturated heterocycles. The molecule has 6 rings (SSSR count). The Morgan fingerprint density at radius 1 is 1.16 bits per heavy atom. The van der Waals surface area contributed by atoms with E-state index in [0.29, 0.717) is 44.4 Å². The van der Waals surface area contributed by atoms with Crippen molar-refractivity contribution >= 4 is 64.2 Å². The molecule has 0 radical (unpaired) electrons. The Morgan fingerprint density at radius 3 is 2.54 bits per heavy atom. The number of carboxylic acid groups (broad SMARTS) is 1. The average Bonchev–Trinajstić information content (AvgIpc) is 3.42. The molecule has 6 atom stereocenters. The highest BCUT2D eigenvalue weighted by atomic mass is 35.5. The summed E-state index contributed by atoms with van der Waals surface area (Å²) in [5.41, 5.74) is 1.36. The van der Waals surface area contributed by atoms with Gasteiger partial charge in [0.15, 0.2) is 5.13 Å². The van der Waals surface area contributed by atoms with Gasteiger partial charge in [-0.25, -0.2) is 14.8 Å². The number of benzene rings is 2. The van der Waals surface area contributed by atoms with Gasteiger partial charge in [0.25, 0.3) is 0 Å². The van der Waals surface area contributed by atoms with Gasteiger partial charge >= 0.3 is 6.09 Å². The largest absolute Gasteiger partial charge is 0.497 e. The Balaban J connectivity index is 1.35. The van der Waals surface area contributed by atoms with Crippen molar-refractivity contribution in [2.24, 2.45) is 11.3 Å². The standard InChI is InChI=1S/C40H48ClN6O8PS/c1-8-24-18-40(24,56(52,53)20-23-10-9-11-25(41)14-23)46-35(48)32-16-27(19-47(32)36(49)34(39(4,5)6)45-38(50)51)55-33-17-30(31-21-57-37(44-31)42-22(2)3)43-29-15-26(54-7)12-13-28(29)33/h8-15,17,21-22,24,27,32,34,45H,1,16,18-20H2,2-7H3,(H,42,44)(H,46,48)(H,50,51)(H,52,53)/t24-,27-,32+,34-,40+/m1/s1. The summed E-state index contributed by atoms with van der Waals surface area (Å²) in [6, 6.07) is 11.5. The monoisotopic (exact) mass is 838 g/mol. The van der Waals surface area contributed by atoms with Gasteiger partial charge in [-0.2, -0.15) is 0 Å². The summed E-state index contributed by atoms with van der Waals surface area (Å²) in [4.78, 5) is 63.3. The smallest absolute Gasteiger partial charge is 0.405 e. The summed E-state index contributed by atoms with van der Waals surface area (Å²) >= 11 is 7.62. The maximum atomic E-state index is 14.5. The SMILES string of the molecule is C=C[C@@H]1C[C@]1(NC(=O)[C@@H]1C[C@@H](Oc2cc(-c3csc(NC(C)C)n3)nc3cc(OC)ccc23)CN1C(=O)[C@@H](NC(=O)O)C(C)(C)C)P(=O)(O)Cc1cccc(Cl)c1. The van der Waals surface area contributed by atoms with Crippen LogP contribution in [-0.4, -0.2) is 85.9 Å². The fraction of sp³-hybridized carbons (Fsp3) is 0.425. The maximum Gasteiger partial charge on any atom is 0.405 e. The number of pyridine rings is 1. The molecule has 2 aromatic carbocycles. The number of hydrogen-bond donors (Lipinski definition) is 5. The van der Waals surface area contributed by atoms with Gasteiger partial charge in [-0.15, -0.1) is 17.9 Å². The summed E-state index contributed by atoms with van der Waals surface area (Å²) < 4.78 is 26.4. The van der Waals surface area contributed by atoms with Gasteiger partial charge in [-0.05, 0) is 55.5 Å². The van der Waals surface area contributed by atoms with E-state index in [2.05, 4.69) is 22.5 Å². The van der Waals surface area contributed by atoms with Crippen molar-refractivity contribution in [2.45, 2.75) is 83.1 Å². The Bertz CT molecular complexity index is 2250. The molecule has 1 saturated carbocycles. The molecule has 0 bridgehead atoms. The van der Waals surface area contributed by atoms with Crippen LogP contribution in [0.3, 0.4) is 0 Å². The zero-order valence-corrected chi connectivity index (χ0v) is 35.1. The third-order valence-corrected chi connectivity index (χ3v) is 13.9. The van der Waals surface area contributed by atoms with Crippen molar-refractivity contribution < 1.29 is 38.4 Å². The lowest BCUT2D eigenvalue weighted by Gasteiger charge is -2.35. The van der Waals surface area contributed by atoms with E-state index in [1.807, 2.05) is 25.3 Å². The number of hydrogen-bond acceptors (Lipinski definition) is 10. The summed E-state index contributed by atoms with van der Waals surface area (Å²) in [6.45, 7) is 12.9. The lowest BCUT2D eigenvalue weighted by Crippen LogP contribution is -2.58. The number of nitrogens with zero attached hydrogens (tertiary/aromatic N) is 3. The number of methoxy groups -OCH3 is 1. The number of rotatable bonds is 14. The number of carbonyl (C=O) groups is 3. The number of likely N-dealkylation sites (tertiary alicyclic amines) is 1. The lowest BCUT2D eigenvalue weighted by molar-refractivity contribution is -0.142. The third-order valence-electron chi connectivity index (χ3n) is 10.2. The number of aromatic nitrogens is 2. The van der Waals surface area contributed by atoms with Crippen LogP contribution in [0, 0.1) is 11.3 Å². The van der Waals surface area contributed by atoms with Gasteiger partial charge in [0.05, 0.1) is 31.0 Å².